The molecule has 0 aliphatic carbocycles. The second kappa shape index (κ2) is 4.13. The lowest BCUT2D eigenvalue weighted by Crippen LogP contribution is -1.82. The molecule has 0 saturated carbocycles. The third-order valence-electron chi connectivity index (χ3n) is 1.96. The van der Waals surface area contributed by atoms with E-state index in [1.807, 2.05) is 30.5 Å². The van der Waals surface area contributed by atoms with Crippen LogP contribution in [0.4, 0.5) is 0 Å². The largest absolute Gasteiger partial charge is 0.263 e. The van der Waals surface area contributed by atoms with Crippen molar-refractivity contribution in [3.63, 3.8) is 0 Å². The van der Waals surface area contributed by atoms with E-state index in [0.29, 0.717) is 5.88 Å². The molecule has 0 spiro atoms. The maximum absolute atomic E-state index is 5.51. The molecule has 2 rings (SSSR count). The number of nitrogens with zero attached hydrogens (tertiary/aromatic N) is 1. The Labute approximate surface area is 87.7 Å². The van der Waals surface area contributed by atoms with Crippen LogP contribution in [0.3, 0.4) is 0 Å². The molecule has 0 amide bonds. The molecule has 0 aliphatic rings. The van der Waals surface area contributed by atoms with E-state index < -0.39 is 0 Å². The highest BCUT2D eigenvalue weighted by Gasteiger charge is 1.96. The number of fused-ring (bicyclic) bond motifs is 1. The molecule has 68 valence electrons. The summed E-state index contributed by atoms with van der Waals surface area (Å²) in [6, 6.07) is 8.04. The minimum atomic E-state index is 0.350. The Hall–Kier alpha value is -1.52. The molecule has 0 unspecified atom stereocenters. The zero-order valence-electron chi connectivity index (χ0n) is 7.50. The van der Waals surface area contributed by atoms with Gasteiger partial charge in [-0.2, -0.15) is 0 Å². The predicted molar refractivity (Wildman–Crippen MR) is 59.3 cm³/mol. The van der Waals surface area contributed by atoms with E-state index in [9.17, 15) is 0 Å². The molecule has 1 heterocycles. The second-order valence-corrected chi connectivity index (χ2v) is 3.11. The molecule has 1 nitrogen and oxygen atoms in total. The fourth-order valence-corrected chi connectivity index (χ4v) is 1.41. The summed E-state index contributed by atoms with van der Waals surface area (Å²) >= 11 is 5.51. The van der Waals surface area contributed by atoms with Crippen LogP contribution in [0.2, 0.25) is 0 Å². The van der Waals surface area contributed by atoms with Gasteiger partial charge >= 0.3 is 0 Å². The number of hydrogen-bond donors (Lipinski definition) is 0. The fraction of sp³-hybridized carbons (Fsp3) is 0.0833. The Morgan fingerprint density at radius 2 is 2.07 bits per heavy atom. The number of pyridine rings is 1. The number of alkyl halides is 1. The lowest BCUT2D eigenvalue weighted by atomic mass is 10.1. The summed E-state index contributed by atoms with van der Waals surface area (Å²) in [5.41, 5.74) is 0.934. The van der Waals surface area contributed by atoms with E-state index in [1.165, 1.54) is 0 Å². The zero-order valence-corrected chi connectivity index (χ0v) is 8.25. The summed E-state index contributed by atoms with van der Waals surface area (Å²) in [7, 11) is 0. The fourth-order valence-electron chi connectivity index (χ4n) is 1.34. The van der Waals surface area contributed by atoms with Gasteiger partial charge < -0.3 is 0 Å². The molecular weight excluding hydrogens is 194 g/mol. The highest BCUT2D eigenvalue weighted by molar-refractivity contribution is 6.19. The first-order chi connectivity index (χ1) is 6.92. The van der Waals surface area contributed by atoms with Crippen LogP contribution in [0.25, 0.3) is 10.8 Å². The van der Waals surface area contributed by atoms with Gasteiger partial charge in [0.05, 0.1) is 11.4 Å². The average molecular weight is 202 g/mol. The van der Waals surface area contributed by atoms with Crippen LogP contribution in [0, 0.1) is 11.8 Å². The molecule has 2 aromatic rings. The molecule has 0 bridgehead atoms. The van der Waals surface area contributed by atoms with Crippen molar-refractivity contribution in [1.82, 2.24) is 4.98 Å². The summed E-state index contributed by atoms with van der Waals surface area (Å²) < 4.78 is 0. The maximum Gasteiger partial charge on any atom is 0.0839 e. The van der Waals surface area contributed by atoms with E-state index in [4.69, 9.17) is 11.6 Å². The van der Waals surface area contributed by atoms with Crippen molar-refractivity contribution in [3.05, 3.63) is 42.2 Å². The Bertz CT molecular complexity index is 503. The zero-order chi connectivity index (χ0) is 9.80. The van der Waals surface area contributed by atoms with Crippen molar-refractivity contribution < 1.29 is 0 Å². The van der Waals surface area contributed by atoms with Gasteiger partial charge in [-0.3, -0.25) is 4.98 Å². The quantitative estimate of drug-likeness (QED) is 0.472. The number of benzene rings is 1. The highest BCUT2D eigenvalue weighted by atomic mass is 35.5. The van der Waals surface area contributed by atoms with Crippen LogP contribution in [-0.4, -0.2) is 10.9 Å². The molecule has 0 fully saturated rings. The molecule has 0 atom stereocenters. The van der Waals surface area contributed by atoms with Gasteiger partial charge in [-0.15, -0.1) is 11.6 Å². The molecule has 1 aromatic heterocycles. The Morgan fingerprint density at radius 3 is 2.93 bits per heavy atom. The van der Waals surface area contributed by atoms with Crippen LogP contribution in [0.5, 0.6) is 0 Å². The van der Waals surface area contributed by atoms with Gasteiger partial charge in [-0.1, -0.05) is 36.1 Å². The lowest BCUT2D eigenvalue weighted by molar-refractivity contribution is 1.35. The van der Waals surface area contributed by atoms with Gasteiger partial charge in [0, 0.05) is 23.2 Å². The minimum absolute atomic E-state index is 0.350. The number of aromatic nitrogens is 1. The third-order valence-corrected chi connectivity index (χ3v) is 2.09. The monoisotopic (exact) mass is 201 g/mol. The Balaban J connectivity index is 2.65. The maximum atomic E-state index is 5.51. The van der Waals surface area contributed by atoms with E-state index >= 15 is 0 Å². The van der Waals surface area contributed by atoms with Crippen LogP contribution in [0.1, 0.15) is 5.56 Å². The summed E-state index contributed by atoms with van der Waals surface area (Å²) in [6.07, 6.45) is 3.60. The average Bonchev–Trinajstić information content (AvgIpc) is 2.26. The van der Waals surface area contributed by atoms with Gasteiger partial charge in [0.2, 0.25) is 0 Å². The third kappa shape index (κ3) is 1.71. The van der Waals surface area contributed by atoms with Crippen LogP contribution in [-0.2, 0) is 0 Å². The molecular formula is C12H8ClN. The van der Waals surface area contributed by atoms with Crippen molar-refractivity contribution in [2.24, 2.45) is 0 Å². The normalized spacial score (nSPS) is 9.50. The number of halogens is 1. The van der Waals surface area contributed by atoms with Crippen molar-refractivity contribution in [3.8, 4) is 11.8 Å². The first kappa shape index (κ1) is 9.05. The second-order valence-electron chi connectivity index (χ2n) is 2.84. The van der Waals surface area contributed by atoms with Gasteiger partial charge in [0.25, 0.3) is 0 Å². The van der Waals surface area contributed by atoms with Crippen molar-refractivity contribution in [2.75, 3.05) is 5.88 Å². The molecule has 0 N–H and O–H groups in total. The molecule has 2 heteroatoms. The van der Waals surface area contributed by atoms with Crippen LogP contribution < -0.4 is 0 Å². The van der Waals surface area contributed by atoms with Crippen LogP contribution >= 0.6 is 11.6 Å². The first-order valence-electron chi connectivity index (χ1n) is 4.29. The molecule has 0 radical (unpaired) electrons. The van der Waals surface area contributed by atoms with Gasteiger partial charge in [0.15, 0.2) is 0 Å². The van der Waals surface area contributed by atoms with E-state index in [-0.39, 0.29) is 0 Å². The standard InChI is InChI=1S/C12H8ClN/c13-7-3-5-11-9-14-8-10-4-1-2-6-12(10)11/h1-2,4,6,8-9H,7H2. The van der Waals surface area contributed by atoms with Crippen molar-refractivity contribution in [1.29, 1.82) is 0 Å². The summed E-state index contributed by atoms with van der Waals surface area (Å²) in [5, 5.41) is 2.23. The number of hydrogen-bond acceptors (Lipinski definition) is 1. The van der Waals surface area contributed by atoms with E-state index in [2.05, 4.69) is 16.8 Å². The smallest absolute Gasteiger partial charge is 0.0839 e. The SMILES string of the molecule is ClCC#Cc1cncc2ccccc12. The molecule has 0 aliphatic heterocycles. The lowest BCUT2D eigenvalue weighted by Gasteiger charge is -1.98. The minimum Gasteiger partial charge on any atom is -0.263 e. The topological polar surface area (TPSA) is 12.9 Å². The van der Waals surface area contributed by atoms with E-state index in [0.717, 1.165) is 16.3 Å². The molecule has 14 heavy (non-hydrogen) atoms. The highest BCUT2D eigenvalue weighted by Crippen LogP contribution is 2.15. The first-order valence-corrected chi connectivity index (χ1v) is 4.83. The number of rotatable bonds is 0. The summed E-state index contributed by atoms with van der Waals surface area (Å²) in [5.74, 6) is 6.18. The molecule has 1 aromatic carbocycles. The van der Waals surface area contributed by atoms with Gasteiger partial charge in [0.1, 0.15) is 0 Å². The van der Waals surface area contributed by atoms with E-state index in [1.54, 1.807) is 6.20 Å². The Kier molecular flexibility index (Phi) is 2.67. The van der Waals surface area contributed by atoms with Crippen LogP contribution in [0.15, 0.2) is 36.7 Å². The summed E-state index contributed by atoms with van der Waals surface area (Å²) in [4.78, 5) is 4.12. The van der Waals surface area contributed by atoms with Gasteiger partial charge in [-0.25, -0.2) is 0 Å². The van der Waals surface area contributed by atoms with Gasteiger partial charge in [-0.05, 0) is 0 Å². The predicted octanol–water partition coefficient (Wildman–Crippen LogP) is 2.83. The summed E-state index contributed by atoms with van der Waals surface area (Å²) in [6.45, 7) is 0. The van der Waals surface area contributed by atoms with Crippen molar-refractivity contribution >= 4 is 22.4 Å². The Morgan fingerprint density at radius 1 is 1.21 bits per heavy atom. The molecule has 0 saturated heterocycles. The van der Waals surface area contributed by atoms with Crippen molar-refractivity contribution in [2.45, 2.75) is 0 Å².